The molecule has 1 unspecified atom stereocenters. The molecule has 0 bridgehead atoms. The maximum Gasteiger partial charge on any atom is 0.297 e. The molecule has 1 aromatic rings. The van der Waals surface area contributed by atoms with Crippen molar-refractivity contribution >= 4 is 33.4 Å². The van der Waals surface area contributed by atoms with E-state index in [-0.39, 0.29) is 28.0 Å². The third-order valence-corrected chi connectivity index (χ3v) is 4.61. The van der Waals surface area contributed by atoms with Crippen LogP contribution in [0.4, 0.5) is 5.69 Å². The molecule has 24 heavy (non-hydrogen) atoms. The topological polar surface area (TPSA) is 147 Å². The van der Waals surface area contributed by atoms with Gasteiger partial charge in [-0.1, -0.05) is 18.2 Å². The molecule has 1 aliphatic carbocycles. The Labute approximate surface area is 138 Å². The van der Waals surface area contributed by atoms with Crippen molar-refractivity contribution in [2.45, 2.75) is 24.8 Å². The molecule has 0 aliphatic heterocycles. The van der Waals surface area contributed by atoms with Gasteiger partial charge in [0.15, 0.2) is 11.6 Å². The summed E-state index contributed by atoms with van der Waals surface area (Å²) in [5.74, 6) is 4.23. The Balaban J connectivity index is 2.81. The molecule has 0 amide bonds. The van der Waals surface area contributed by atoms with E-state index >= 15 is 0 Å². The number of fused-ring (bicyclic) bond motifs is 1. The van der Waals surface area contributed by atoms with Crippen LogP contribution < -0.4 is 11.3 Å². The molecule has 8 nitrogen and oxygen atoms in total. The molecular formula is C15H16N2O6S. The molecule has 0 spiro atoms. The van der Waals surface area contributed by atoms with Gasteiger partial charge < -0.3 is 10.5 Å². The number of ketones is 2. The number of hydrogen-bond donors (Lipinski definition) is 4. The normalized spacial score (nSPS) is 16.5. The van der Waals surface area contributed by atoms with Crippen molar-refractivity contribution in [1.82, 2.24) is 0 Å². The summed E-state index contributed by atoms with van der Waals surface area (Å²) < 4.78 is 32.7. The van der Waals surface area contributed by atoms with Gasteiger partial charge in [-0.3, -0.25) is 20.0 Å². The molecule has 128 valence electrons. The number of hydrazine groups is 1. The van der Waals surface area contributed by atoms with Gasteiger partial charge in [0.05, 0.1) is 11.3 Å². The van der Waals surface area contributed by atoms with Crippen LogP contribution in [0.5, 0.6) is 0 Å². The van der Waals surface area contributed by atoms with Crippen LogP contribution in [0.15, 0.2) is 34.3 Å². The lowest BCUT2D eigenvalue weighted by molar-refractivity contribution is -0.119. The Morgan fingerprint density at radius 1 is 1.17 bits per heavy atom. The second-order valence-corrected chi connectivity index (χ2v) is 6.60. The Bertz CT molecular complexity index is 883. The number of benzene rings is 1. The molecule has 1 aliphatic rings. The van der Waals surface area contributed by atoms with Crippen LogP contribution in [0, 0.1) is 0 Å². The minimum atomic E-state index is -4.64. The summed E-state index contributed by atoms with van der Waals surface area (Å²) in [6.45, 7) is 2.40. The van der Waals surface area contributed by atoms with Crippen LogP contribution in [0.3, 0.4) is 0 Å². The van der Waals surface area contributed by atoms with Crippen LogP contribution in [-0.2, 0) is 19.7 Å². The number of carbonyl (C=O) groups excluding carboxylic acids is 2. The molecule has 2 rings (SSSR count). The molecular weight excluding hydrogens is 336 g/mol. The number of carbonyl (C=O) groups is 2. The summed E-state index contributed by atoms with van der Waals surface area (Å²) in [6.07, 6.45) is 1.17. The number of allylic oxidation sites excluding steroid dienone is 1. The number of rotatable bonds is 4. The van der Waals surface area contributed by atoms with E-state index in [1.54, 1.807) is 0 Å². The van der Waals surface area contributed by atoms with Gasteiger partial charge in [0.1, 0.15) is 11.0 Å². The first-order valence-corrected chi connectivity index (χ1v) is 8.26. The van der Waals surface area contributed by atoms with E-state index in [1.165, 1.54) is 38.1 Å². The summed E-state index contributed by atoms with van der Waals surface area (Å²) in [5.41, 5.74) is 2.15. The largest absolute Gasteiger partial charge is 0.384 e. The number of aliphatic hydroxyl groups is 1. The fourth-order valence-electron chi connectivity index (χ4n) is 2.72. The van der Waals surface area contributed by atoms with Crippen molar-refractivity contribution in [3.63, 3.8) is 0 Å². The average Bonchev–Trinajstić information content (AvgIpc) is 2.47. The third-order valence-electron chi connectivity index (χ3n) is 3.65. The Morgan fingerprint density at radius 3 is 2.21 bits per heavy atom. The predicted molar refractivity (Wildman–Crippen MR) is 86.4 cm³/mol. The SMILES string of the molecule is CC(=O)C(C(C)=O)=C1C=Cc2c(ccc(NN)c2S(=O)(=O)O)C1O. The number of Topliss-reactive ketones (excluding diaryl/α,β-unsaturated/α-hetero) is 2. The second kappa shape index (κ2) is 6.29. The zero-order valence-electron chi connectivity index (χ0n) is 12.9. The molecule has 0 radical (unpaired) electrons. The highest BCUT2D eigenvalue weighted by Gasteiger charge is 2.30. The van der Waals surface area contributed by atoms with E-state index in [0.717, 1.165) is 0 Å². The van der Waals surface area contributed by atoms with Gasteiger partial charge in [0.2, 0.25) is 0 Å². The van der Waals surface area contributed by atoms with Crippen LogP contribution in [-0.4, -0.2) is 29.6 Å². The Kier molecular flexibility index (Phi) is 4.72. The zero-order valence-corrected chi connectivity index (χ0v) is 13.7. The first kappa shape index (κ1) is 18.0. The van der Waals surface area contributed by atoms with E-state index < -0.39 is 32.7 Å². The number of nitrogen functional groups attached to an aromatic ring is 1. The molecule has 0 heterocycles. The Hall–Kier alpha value is -2.33. The first-order valence-electron chi connectivity index (χ1n) is 6.82. The minimum absolute atomic E-state index is 0.0238. The second-order valence-electron chi connectivity index (χ2n) is 5.24. The lowest BCUT2D eigenvalue weighted by Crippen LogP contribution is -2.19. The van der Waals surface area contributed by atoms with Crippen LogP contribution in [0.1, 0.15) is 31.1 Å². The lowest BCUT2D eigenvalue weighted by atomic mass is 9.86. The molecule has 0 saturated heterocycles. The fraction of sp³-hybridized carbons (Fsp3) is 0.200. The number of hydrogen-bond acceptors (Lipinski definition) is 7. The highest BCUT2D eigenvalue weighted by molar-refractivity contribution is 7.86. The lowest BCUT2D eigenvalue weighted by Gasteiger charge is -2.24. The average molecular weight is 352 g/mol. The maximum atomic E-state index is 11.7. The summed E-state index contributed by atoms with van der Waals surface area (Å²) in [4.78, 5) is 22.9. The standard InChI is InChI=1S/C15H16N2O6S/c1-7(18)13(8(2)19)11-4-3-10-9(14(11)20)5-6-12(17-16)15(10)24(21,22)23/h3-6,14,17,20H,16H2,1-2H3,(H,21,22,23). The predicted octanol–water partition coefficient (Wildman–Crippen LogP) is 0.754. The molecule has 0 saturated carbocycles. The number of nitrogens with one attached hydrogen (secondary N) is 1. The minimum Gasteiger partial charge on any atom is -0.384 e. The zero-order chi connectivity index (χ0) is 18.2. The van der Waals surface area contributed by atoms with Crippen LogP contribution in [0.25, 0.3) is 6.08 Å². The van der Waals surface area contributed by atoms with Gasteiger partial charge in [-0.05, 0) is 31.1 Å². The maximum absolute atomic E-state index is 11.7. The van der Waals surface area contributed by atoms with Gasteiger partial charge >= 0.3 is 0 Å². The van der Waals surface area contributed by atoms with Crippen molar-refractivity contribution in [2.24, 2.45) is 5.84 Å². The molecule has 1 atom stereocenters. The molecule has 9 heteroatoms. The summed E-state index contributed by atoms with van der Waals surface area (Å²) in [7, 11) is -4.64. The summed E-state index contributed by atoms with van der Waals surface area (Å²) in [6, 6.07) is 2.66. The first-order chi connectivity index (χ1) is 11.1. The van der Waals surface area contributed by atoms with Gasteiger partial charge in [0.25, 0.3) is 10.1 Å². The van der Waals surface area contributed by atoms with Crippen LogP contribution in [0.2, 0.25) is 0 Å². The van der Waals surface area contributed by atoms with Crippen molar-refractivity contribution < 1.29 is 27.7 Å². The highest BCUT2D eigenvalue weighted by atomic mass is 32.2. The van der Waals surface area contributed by atoms with E-state index in [4.69, 9.17) is 5.84 Å². The van der Waals surface area contributed by atoms with E-state index in [9.17, 15) is 27.7 Å². The van der Waals surface area contributed by atoms with Crippen molar-refractivity contribution in [1.29, 1.82) is 0 Å². The van der Waals surface area contributed by atoms with Crippen molar-refractivity contribution in [2.75, 3.05) is 5.43 Å². The van der Waals surface area contributed by atoms with E-state index in [1.807, 2.05) is 0 Å². The van der Waals surface area contributed by atoms with Crippen molar-refractivity contribution in [3.05, 3.63) is 40.5 Å². The smallest absolute Gasteiger partial charge is 0.297 e. The fourth-order valence-corrected chi connectivity index (χ4v) is 3.59. The molecule has 1 aromatic carbocycles. The molecule has 0 fully saturated rings. The number of anilines is 1. The van der Waals surface area contributed by atoms with Crippen LogP contribution >= 0.6 is 0 Å². The van der Waals surface area contributed by atoms with Gasteiger partial charge in [0, 0.05) is 5.56 Å². The van der Waals surface area contributed by atoms with Crippen molar-refractivity contribution in [3.8, 4) is 0 Å². The quantitative estimate of drug-likeness (QED) is 0.155. The van der Waals surface area contributed by atoms with Gasteiger partial charge in [-0.2, -0.15) is 8.42 Å². The summed E-state index contributed by atoms with van der Waals surface area (Å²) in [5, 5.41) is 10.5. The third kappa shape index (κ3) is 3.02. The van der Waals surface area contributed by atoms with Gasteiger partial charge in [-0.15, -0.1) is 0 Å². The number of aliphatic hydroxyl groups excluding tert-OH is 1. The van der Waals surface area contributed by atoms with E-state index in [2.05, 4.69) is 5.43 Å². The number of nitrogens with two attached hydrogens (primary N) is 1. The monoisotopic (exact) mass is 352 g/mol. The van der Waals surface area contributed by atoms with Gasteiger partial charge in [-0.25, -0.2) is 0 Å². The molecule has 5 N–H and O–H groups in total. The van der Waals surface area contributed by atoms with E-state index in [0.29, 0.717) is 0 Å². The Morgan fingerprint density at radius 2 is 1.75 bits per heavy atom. The highest BCUT2D eigenvalue weighted by Crippen LogP contribution is 2.39. The molecule has 0 aromatic heterocycles. The summed E-state index contributed by atoms with van der Waals surface area (Å²) >= 11 is 0.